The lowest BCUT2D eigenvalue weighted by molar-refractivity contribution is -0.118. The Morgan fingerprint density at radius 1 is 1.33 bits per heavy atom. The van der Waals surface area contributed by atoms with Gasteiger partial charge in [-0.05, 0) is 37.1 Å². The summed E-state index contributed by atoms with van der Waals surface area (Å²) in [5.74, 6) is -0.336. The molecule has 0 fully saturated rings. The van der Waals surface area contributed by atoms with Crippen molar-refractivity contribution in [2.75, 3.05) is 0 Å². The Labute approximate surface area is 115 Å². The maximum atomic E-state index is 10.8. The molecule has 5 heteroatoms. The number of benzene rings is 1. The first-order chi connectivity index (χ1) is 8.47. The normalized spacial score (nSPS) is 10.8. The molecular weight excluding hydrogens is 271 g/mol. The molecule has 2 N–H and O–H groups in total. The van der Waals surface area contributed by atoms with E-state index in [1.165, 1.54) is 0 Å². The van der Waals surface area contributed by atoms with Crippen molar-refractivity contribution in [3.05, 3.63) is 39.5 Å². The maximum absolute atomic E-state index is 10.8. The van der Waals surface area contributed by atoms with Gasteiger partial charge in [0.05, 0.1) is 10.5 Å². The molecule has 1 aromatic heterocycles. The number of aromatic nitrogens is 1. The number of carbonyl (C=O) groups is 1. The number of halogens is 2. The smallest absolute Gasteiger partial charge is 0.217 e. The van der Waals surface area contributed by atoms with Crippen molar-refractivity contribution < 1.29 is 4.79 Å². The van der Waals surface area contributed by atoms with Crippen LogP contribution in [-0.2, 0) is 11.2 Å². The summed E-state index contributed by atoms with van der Waals surface area (Å²) in [6.45, 7) is 1.96. The van der Waals surface area contributed by atoms with Gasteiger partial charge >= 0.3 is 0 Å². The molecule has 0 unspecified atom stereocenters. The molecule has 0 aliphatic rings. The Hall–Kier alpha value is -1.32. The van der Waals surface area contributed by atoms with Gasteiger partial charge in [-0.2, -0.15) is 0 Å². The summed E-state index contributed by atoms with van der Waals surface area (Å²) in [6.07, 6.45) is 0.800. The molecule has 1 aromatic carbocycles. The first-order valence-corrected chi connectivity index (χ1v) is 6.26. The zero-order valence-electron chi connectivity index (χ0n) is 9.84. The van der Waals surface area contributed by atoms with Gasteiger partial charge in [-0.15, -0.1) is 0 Å². The van der Waals surface area contributed by atoms with Crippen molar-refractivity contribution in [1.82, 2.24) is 4.98 Å². The number of primary amides is 1. The van der Waals surface area contributed by atoms with Crippen LogP contribution in [0.1, 0.15) is 17.7 Å². The number of nitrogens with zero attached hydrogens (tertiary/aromatic N) is 1. The molecule has 0 radical (unpaired) electrons. The molecule has 2 rings (SSSR count). The van der Waals surface area contributed by atoms with Gasteiger partial charge in [0.15, 0.2) is 0 Å². The van der Waals surface area contributed by atoms with E-state index in [0.29, 0.717) is 22.0 Å². The molecule has 0 bridgehead atoms. The second kappa shape index (κ2) is 5.12. The lowest BCUT2D eigenvalue weighted by atomic mass is 10.1. The third-order valence-corrected chi connectivity index (χ3v) is 3.23. The summed E-state index contributed by atoms with van der Waals surface area (Å²) < 4.78 is 0. The van der Waals surface area contributed by atoms with Gasteiger partial charge in [0.2, 0.25) is 5.91 Å². The third-order valence-electron chi connectivity index (χ3n) is 2.72. The highest BCUT2D eigenvalue weighted by molar-refractivity contribution is 6.38. The van der Waals surface area contributed by atoms with Crippen LogP contribution in [0.15, 0.2) is 18.2 Å². The highest BCUT2D eigenvalue weighted by Gasteiger charge is 2.08. The minimum absolute atomic E-state index is 0.281. The minimum atomic E-state index is -0.336. The summed E-state index contributed by atoms with van der Waals surface area (Å²) in [7, 11) is 0. The summed E-state index contributed by atoms with van der Waals surface area (Å²) in [5, 5.41) is 2.03. The molecular formula is C13H12Cl2N2O. The Morgan fingerprint density at radius 3 is 2.72 bits per heavy atom. The summed E-state index contributed by atoms with van der Waals surface area (Å²) >= 11 is 12.1. The lowest BCUT2D eigenvalue weighted by Gasteiger charge is -2.08. The van der Waals surface area contributed by atoms with E-state index >= 15 is 0 Å². The first-order valence-electron chi connectivity index (χ1n) is 5.51. The highest BCUT2D eigenvalue weighted by Crippen LogP contribution is 2.29. The Kier molecular flexibility index (Phi) is 3.73. The van der Waals surface area contributed by atoms with Gasteiger partial charge in [-0.3, -0.25) is 9.78 Å². The third kappa shape index (κ3) is 2.74. The molecule has 0 aliphatic heterocycles. The number of rotatable bonds is 3. The van der Waals surface area contributed by atoms with E-state index in [2.05, 4.69) is 4.98 Å². The minimum Gasteiger partial charge on any atom is -0.370 e. The molecule has 18 heavy (non-hydrogen) atoms. The van der Waals surface area contributed by atoms with Crippen LogP contribution in [-0.4, -0.2) is 10.9 Å². The Morgan fingerprint density at radius 2 is 2.06 bits per heavy atom. The second-order valence-electron chi connectivity index (χ2n) is 4.18. The van der Waals surface area contributed by atoms with Crippen LogP contribution in [0, 0.1) is 6.92 Å². The predicted octanol–water partition coefficient (Wildman–Crippen LogP) is 3.27. The van der Waals surface area contributed by atoms with E-state index in [4.69, 9.17) is 28.9 Å². The molecule has 94 valence electrons. The topological polar surface area (TPSA) is 56.0 Å². The first kappa shape index (κ1) is 13.1. The van der Waals surface area contributed by atoms with Gasteiger partial charge in [-0.25, -0.2) is 0 Å². The van der Waals surface area contributed by atoms with Gasteiger partial charge in [0.25, 0.3) is 0 Å². The molecule has 0 spiro atoms. The molecule has 3 nitrogen and oxygen atoms in total. The van der Waals surface area contributed by atoms with E-state index in [9.17, 15) is 4.79 Å². The number of hydrogen-bond donors (Lipinski definition) is 1. The van der Waals surface area contributed by atoms with Crippen LogP contribution in [0.4, 0.5) is 0 Å². The zero-order chi connectivity index (χ0) is 13.3. The van der Waals surface area contributed by atoms with Gasteiger partial charge in [0.1, 0.15) is 0 Å². The van der Waals surface area contributed by atoms with Crippen LogP contribution in [0.2, 0.25) is 10.0 Å². The van der Waals surface area contributed by atoms with Gasteiger partial charge in [0, 0.05) is 22.5 Å². The molecule has 1 amide bonds. The number of pyridine rings is 1. The molecule has 1 heterocycles. The fraction of sp³-hybridized carbons (Fsp3) is 0.231. The van der Waals surface area contributed by atoms with Crippen molar-refractivity contribution in [1.29, 1.82) is 0 Å². The van der Waals surface area contributed by atoms with Crippen LogP contribution in [0.5, 0.6) is 0 Å². The molecule has 0 aliphatic carbocycles. The molecule has 0 saturated heterocycles. The van der Waals surface area contributed by atoms with Gasteiger partial charge in [-0.1, -0.05) is 23.2 Å². The molecule has 0 atom stereocenters. The second-order valence-corrected chi connectivity index (χ2v) is 5.02. The van der Waals surface area contributed by atoms with Crippen molar-refractivity contribution >= 4 is 40.0 Å². The van der Waals surface area contributed by atoms with Crippen molar-refractivity contribution in [3.63, 3.8) is 0 Å². The number of hydrogen-bond acceptors (Lipinski definition) is 2. The lowest BCUT2D eigenvalue weighted by Crippen LogP contribution is -2.11. The number of amides is 1. The van der Waals surface area contributed by atoms with Crippen molar-refractivity contribution in [2.24, 2.45) is 5.73 Å². The highest BCUT2D eigenvalue weighted by atomic mass is 35.5. The van der Waals surface area contributed by atoms with Crippen LogP contribution in [0.25, 0.3) is 10.9 Å². The predicted molar refractivity (Wildman–Crippen MR) is 74.0 cm³/mol. The SMILES string of the molecule is Cc1cc(CCC(N)=O)nc2c(Cl)cc(Cl)cc12. The standard InChI is InChI=1S/C13H12Cl2N2O/c1-7-4-9(2-3-12(16)18)17-13-10(7)5-8(14)6-11(13)15/h4-6H,2-3H2,1H3,(H2,16,18). The Bertz CT molecular complexity index is 626. The van der Waals surface area contributed by atoms with E-state index in [1.54, 1.807) is 6.07 Å². The van der Waals surface area contributed by atoms with Crippen molar-refractivity contribution in [3.8, 4) is 0 Å². The number of nitrogens with two attached hydrogens (primary N) is 1. The average Bonchev–Trinajstić information content (AvgIpc) is 2.28. The van der Waals surface area contributed by atoms with Crippen LogP contribution in [0.3, 0.4) is 0 Å². The monoisotopic (exact) mass is 282 g/mol. The van der Waals surface area contributed by atoms with E-state index < -0.39 is 0 Å². The largest absolute Gasteiger partial charge is 0.370 e. The average molecular weight is 283 g/mol. The van der Waals surface area contributed by atoms with E-state index in [1.807, 2.05) is 19.1 Å². The molecule has 2 aromatic rings. The summed E-state index contributed by atoms with van der Waals surface area (Å²) in [6, 6.07) is 5.43. The van der Waals surface area contributed by atoms with Gasteiger partial charge < -0.3 is 5.73 Å². The number of carbonyl (C=O) groups excluding carboxylic acids is 1. The van der Waals surface area contributed by atoms with E-state index in [-0.39, 0.29) is 12.3 Å². The maximum Gasteiger partial charge on any atom is 0.217 e. The van der Waals surface area contributed by atoms with Crippen molar-refractivity contribution in [2.45, 2.75) is 19.8 Å². The molecule has 0 saturated carbocycles. The quantitative estimate of drug-likeness (QED) is 0.939. The Balaban J connectivity index is 2.51. The zero-order valence-corrected chi connectivity index (χ0v) is 11.3. The summed E-state index contributed by atoms with van der Waals surface area (Å²) in [5.41, 5.74) is 7.68. The fourth-order valence-corrected chi connectivity index (χ4v) is 2.40. The number of aryl methyl sites for hydroxylation is 2. The van der Waals surface area contributed by atoms with Crippen LogP contribution < -0.4 is 5.73 Å². The van der Waals surface area contributed by atoms with Crippen LogP contribution >= 0.6 is 23.2 Å². The number of fused-ring (bicyclic) bond motifs is 1. The van der Waals surface area contributed by atoms with E-state index in [0.717, 1.165) is 16.6 Å². The fourth-order valence-electron chi connectivity index (χ4n) is 1.86. The summed E-state index contributed by atoms with van der Waals surface area (Å²) in [4.78, 5) is 15.2.